The molecule has 0 amide bonds. The van der Waals surface area contributed by atoms with Gasteiger partial charge >= 0.3 is 0 Å². The number of ether oxygens (including phenoxy) is 1. The molecule has 1 aromatic rings. The molecule has 2 fully saturated rings. The van der Waals surface area contributed by atoms with Gasteiger partial charge in [0, 0.05) is 39.2 Å². The van der Waals surface area contributed by atoms with Gasteiger partial charge in [0.25, 0.3) is 0 Å². The zero-order chi connectivity index (χ0) is 18.2. The number of aryl methyl sites for hydroxylation is 1. The first kappa shape index (κ1) is 22.4. The highest BCUT2D eigenvalue weighted by Gasteiger charge is 2.20. The number of halogens is 1. The van der Waals surface area contributed by atoms with Crippen molar-refractivity contribution >= 4 is 29.9 Å². The number of rotatable bonds is 6. The minimum absolute atomic E-state index is 0. The molecule has 2 aliphatic heterocycles. The molecular weight excluding hydrogens is 455 g/mol. The third-order valence-electron chi connectivity index (χ3n) is 5.32. The van der Waals surface area contributed by atoms with Gasteiger partial charge in [-0.1, -0.05) is 13.8 Å². The molecule has 27 heavy (non-hydrogen) atoms. The van der Waals surface area contributed by atoms with Crippen molar-refractivity contribution in [3.63, 3.8) is 0 Å². The highest BCUT2D eigenvalue weighted by atomic mass is 127. The fraction of sp³-hybridized carbons (Fsp3) is 0.842. The summed E-state index contributed by atoms with van der Waals surface area (Å²) in [6.07, 6.45) is 9.15. The van der Waals surface area contributed by atoms with Crippen molar-refractivity contribution in [1.29, 1.82) is 0 Å². The number of guanidine groups is 1. The molecule has 2 unspecified atom stereocenters. The lowest BCUT2D eigenvalue weighted by molar-refractivity contribution is 0.0222. The Labute approximate surface area is 180 Å². The third kappa shape index (κ3) is 6.89. The molecule has 0 spiro atoms. The fourth-order valence-electron chi connectivity index (χ4n) is 3.82. The number of hydrogen-bond donors (Lipinski definition) is 1. The summed E-state index contributed by atoms with van der Waals surface area (Å²) < 4.78 is 7.98. The zero-order valence-electron chi connectivity index (χ0n) is 16.8. The molecular formula is C19H35IN6O. The summed E-state index contributed by atoms with van der Waals surface area (Å²) in [7, 11) is 0. The molecule has 7 nitrogen and oxygen atoms in total. The predicted molar refractivity (Wildman–Crippen MR) is 119 cm³/mol. The molecule has 2 atom stereocenters. The second-order valence-electron chi connectivity index (χ2n) is 7.57. The normalized spacial score (nSPS) is 23.8. The van der Waals surface area contributed by atoms with Crippen LogP contribution in [0, 0.1) is 5.92 Å². The average Bonchev–Trinajstić information content (AvgIpc) is 3.13. The van der Waals surface area contributed by atoms with Gasteiger partial charge in [-0.15, -0.1) is 34.2 Å². The van der Waals surface area contributed by atoms with E-state index in [2.05, 4.69) is 38.8 Å². The van der Waals surface area contributed by atoms with Gasteiger partial charge < -0.3 is 19.5 Å². The largest absolute Gasteiger partial charge is 0.376 e. The van der Waals surface area contributed by atoms with E-state index in [1.54, 1.807) is 0 Å². The molecule has 2 saturated heterocycles. The molecule has 0 aliphatic carbocycles. The minimum Gasteiger partial charge on any atom is -0.376 e. The van der Waals surface area contributed by atoms with Gasteiger partial charge in [0.1, 0.15) is 12.2 Å². The molecule has 0 aromatic carbocycles. The Morgan fingerprint density at radius 1 is 1.33 bits per heavy atom. The topological polar surface area (TPSA) is 67.6 Å². The summed E-state index contributed by atoms with van der Waals surface area (Å²) in [4.78, 5) is 7.35. The fourth-order valence-corrected chi connectivity index (χ4v) is 3.82. The highest BCUT2D eigenvalue weighted by Crippen LogP contribution is 2.16. The van der Waals surface area contributed by atoms with Crippen molar-refractivity contribution in [3.8, 4) is 0 Å². The Kier molecular flexibility index (Phi) is 9.81. The summed E-state index contributed by atoms with van der Waals surface area (Å²) in [5.41, 5.74) is 0. The van der Waals surface area contributed by atoms with Crippen LogP contribution in [0.3, 0.4) is 0 Å². The first-order chi connectivity index (χ1) is 12.8. The van der Waals surface area contributed by atoms with Gasteiger partial charge in [-0.25, -0.2) is 0 Å². The maximum atomic E-state index is 5.86. The van der Waals surface area contributed by atoms with E-state index in [-0.39, 0.29) is 30.1 Å². The Morgan fingerprint density at radius 2 is 2.22 bits per heavy atom. The number of likely N-dealkylation sites (tertiary alicyclic amines) is 1. The molecule has 0 radical (unpaired) electrons. The number of nitrogens with zero attached hydrogens (tertiary/aromatic N) is 5. The SMILES string of the molecule is CCc1nncn1CCNC(=NCC1CCCCO1)N1CCCC(C)C1.I. The van der Waals surface area contributed by atoms with Crippen LogP contribution in [0.15, 0.2) is 11.3 Å². The summed E-state index contributed by atoms with van der Waals surface area (Å²) >= 11 is 0. The summed E-state index contributed by atoms with van der Waals surface area (Å²) in [5.74, 6) is 2.80. The van der Waals surface area contributed by atoms with Crippen LogP contribution in [0.5, 0.6) is 0 Å². The monoisotopic (exact) mass is 490 g/mol. The molecule has 1 aromatic heterocycles. The van der Waals surface area contributed by atoms with Gasteiger partial charge in [0.2, 0.25) is 0 Å². The molecule has 8 heteroatoms. The number of aromatic nitrogens is 3. The first-order valence-corrected chi connectivity index (χ1v) is 10.3. The van der Waals surface area contributed by atoms with E-state index in [0.717, 1.165) is 69.9 Å². The molecule has 0 bridgehead atoms. The number of hydrogen-bond acceptors (Lipinski definition) is 4. The smallest absolute Gasteiger partial charge is 0.194 e. The Hall–Kier alpha value is -0.900. The van der Waals surface area contributed by atoms with Gasteiger partial charge in [0.05, 0.1) is 12.6 Å². The summed E-state index contributed by atoms with van der Waals surface area (Å²) in [6.45, 7) is 9.97. The quantitative estimate of drug-likeness (QED) is 0.378. The Bertz CT molecular complexity index is 572. The molecule has 2 aliphatic rings. The van der Waals surface area contributed by atoms with Gasteiger partial charge in [0.15, 0.2) is 5.96 Å². The van der Waals surface area contributed by atoms with Crippen LogP contribution in [0.1, 0.15) is 51.8 Å². The molecule has 1 N–H and O–H groups in total. The molecule has 154 valence electrons. The molecule has 3 rings (SSSR count). The van der Waals surface area contributed by atoms with Crippen LogP contribution >= 0.6 is 24.0 Å². The van der Waals surface area contributed by atoms with Crippen molar-refractivity contribution in [2.24, 2.45) is 10.9 Å². The first-order valence-electron chi connectivity index (χ1n) is 10.3. The molecule has 0 saturated carbocycles. The summed E-state index contributed by atoms with van der Waals surface area (Å²) in [5, 5.41) is 11.8. The van der Waals surface area contributed by atoms with Crippen molar-refractivity contribution in [2.45, 2.75) is 65.0 Å². The van der Waals surface area contributed by atoms with E-state index in [1.807, 2.05) is 6.33 Å². The number of aliphatic imine (C=N–C) groups is 1. The highest BCUT2D eigenvalue weighted by molar-refractivity contribution is 14.0. The van der Waals surface area contributed by atoms with Crippen molar-refractivity contribution < 1.29 is 4.74 Å². The Balaban J connectivity index is 0.00000261. The lowest BCUT2D eigenvalue weighted by atomic mass is 10.0. The van der Waals surface area contributed by atoms with Crippen LogP contribution in [-0.4, -0.2) is 64.5 Å². The third-order valence-corrected chi connectivity index (χ3v) is 5.32. The van der Waals surface area contributed by atoms with Crippen molar-refractivity contribution in [1.82, 2.24) is 25.0 Å². The maximum absolute atomic E-state index is 5.86. The van der Waals surface area contributed by atoms with E-state index in [1.165, 1.54) is 25.7 Å². The van der Waals surface area contributed by atoms with Crippen molar-refractivity contribution in [3.05, 3.63) is 12.2 Å². The standard InChI is InChI=1S/C19H34N6O.HI/c1-3-18-23-22-15-25(18)11-9-20-19(24-10-6-7-16(2)14-24)21-13-17-8-4-5-12-26-17;/h15-17H,3-14H2,1-2H3,(H,20,21);1H. The van der Waals surface area contributed by atoms with E-state index in [9.17, 15) is 0 Å². The second-order valence-corrected chi connectivity index (χ2v) is 7.57. The van der Waals surface area contributed by atoms with Crippen LogP contribution < -0.4 is 5.32 Å². The van der Waals surface area contributed by atoms with Gasteiger partial charge in [-0.3, -0.25) is 4.99 Å². The Morgan fingerprint density at radius 3 is 2.96 bits per heavy atom. The van der Waals surface area contributed by atoms with Gasteiger partial charge in [-0.05, 0) is 38.0 Å². The maximum Gasteiger partial charge on any atom is 0.194 e. The predicted octanol–water partition coefficient (Wildman–Crippen LogP) is 2.71. The van der Waals surface area contributed by atoms with Crippen LogP contribution in [-0.2, 0) is 17.7 Å². The lowest BCUT2D eigenvalue weighted by Gasteiger charge is -2.34. The van der Waals surface area contributed by atoms with Crippen LogP contribution in [0.2, 0.25) is 0 Å². The zero-order valence-corrected chi connectivity index (χ0v) is 19.1. The summed E-state index contributed by atoms with van der Waals surface area (Å²) in [6, 6.07) is 0. The van der Waals surface area contributed by atoms with Gasteiger partial charge in [-0.2, -0.15) is 0 Å². The van der Waals surface area contributed by atoms with Crippen molar-refractivity contribution in [2.75, 3.05) is 32.8 Å². The number of nitrogens with one attached hydrogen (secondary N) is 1. The number of piperidine rings is 1. The van der Waals surface area contributed by atoms with Crippen LogP contribution in [0.4, 0.5) is 0 Å². The lowest BCUT2D eigenvalue weighted by Crippen LogP contribution is -2.47. The second kappa shape index (κ2) is 11.8. The minimum atomic E-state index is 0. The van der Waals surface area contributed by atoms with E-state index >= 15 is 0 Å². The van der Waals surface area contributed by atoms with E-state index in [0.29, 0.717) is 0 Å². The molecule has 3 heterocycles. The van der Waals surface area contributed by atoms with E-state index < -0.39 is 0 Å². The van der Waals surface area contributed by atoms with E-state index in [4.69, 9.17) is 9.73 Å². The van der Waals surface area contributed by atoms with Crippen LogP contribution in [0.25, 0.3) is 0 Å². The average molecular weight is 490 g/mol.